The van der Waals surface area contributed by atoms with Gasteiger partial charge in [0.1, 0.15) is 0 Å². The zero-order valence-electron chi connectivity index (χ0n) is 9.13. The lowest BCUT2D eigenvalue weighted by Crippen LogP contribution is -2.26. The number of aromatic nitrogens is 2. The molecule has 0 amide bonds. The molecule has 0 bridgehead atoms. The lowest BCUT2D eigenvalue weighted by Gasteiger charge is -2.19. The average molecular weight is 225 g/mol. The predicted molar refractivity (Wildman–Crippen MR) is 58.6 cm³/mol. The Balaban J connectivity index is 2.74. The summed E-state index contributed by atoms with van der Waals surface area (Å²) in [5.41, 5.74) is 0.0713. The van der Waals surface area contributed by atoms with Crippen LogP contribution in [0.3, 0.4) is 0 Å². The van der Waals surface area contributed by atoms with E-state index < -0.39 is 5.97 Å². The molecule has 0 saturated carbocycles. The Hall–Kier alpha value is -1.69. The van der Waals surface area contributed by atoms with E-state index in [-0.39, 0.29) is 12.2 Å². The number of aliphatic hydroxyl groups is 1. The van der Waals surface area contributed by atoms with Crippen molar-refractivity contribution in [3.05, 3.63) is 18.0 Å². The summed E-state index contributed by atoms with van der Waals surface area (Å²) in [6.07, 6.45) is 3.20. The van der Waals surface area contributed by atoms with Crippen LogP contribution in [0, 0.1) is 0 Å². The summed E-state index contributed by atoms with van der Waals surface area (Å²) in [5.74, 6) is -0.550. The highest BCUT2D eigenvalue weighted by Crippen LogP contribution is 2.07. The zero-order chi connectivity index (χ0) is 12.0. The molecule has 0 aromatic carbocycles. The second-order valence-corrected chi connectivity index (χ2v) is 3.23. The largest absolute Gasteiger partial charge is 0.478 e. The molecule has 6 heteroatoms. The fourth-order valence-corrected chi connectivity index (χ4v) is 1.26. The molecule has 1 aromatic heterocycles. The standard InChI is InChI=1S/C10H15N3O3/c1-2-13(4-3-5-14)10-11-6-8(7-12-10)9(15)16/h6-7,14H,2-5H2,1H3,(H,15,16). The highest BCUT2D eigenvalue weighted by Gasteiger charge is 2.09. The van der Waals surface area contributed by atoms with Gasteiger partial charge in [0.15, 0.2) is 0 Å². The third kappa shape index (κ3) is 3.16. The fraction of sp³-hybridized carbons (Fsp3) is 0.500. The van der Waals surface area contributed by atoms with Crippen molar-refractivity contribution in [1.82, 2.24) is 9.97 Å². The quantitative estimate of drug-likeness (QED) is 0.728. The first-order valence-electron chi connectivity index (χ1n) is 5.10. The SMILES string of the molecule is CCN(CCCO)c1ncc(C(=O)O)cn1. The normalized spacial score (nSPS) is 10.1. The van der Waals surface area contributed by atoms with Crippen molar-refractivity contribution in [2.24, 2.45) is 0 Å². The van der Waals surface area contributed by atoms with Gasteiger partial charge in [-0.1, -0.05) is 0 Å². The van der Waals surface area contributed by atoms with Gasteiger partial charge in [0.2, 0.25) is 5.95 Å². The number of aromatic carboxylic acids is 1. The van der Waals surface area contributed by atoms with Crippen LogP contribution in [0.5, 0.6) is 0 Å². The van der Waals surface area contributed by atoms with Crippen LogP contribution >= 0.6 is 0 Å². The molecule has 0 fully saturated rings. The van der Waals surface area contributed by atoms with Gasteiger partial charge in [0.05, 0.1) is 5.56 Å². The molecule has 2 N–H and O–H groups in total. The molecule has 16 heavy (non-hydrogen) atoms. The van der Waals surface area contributed by atoms with Crippen molar-refractivity contribution in [1.29, 1.82) is 0 Å². The van der Waals surface area contributed by atoms with Crippen molar-refractivity contribution >= 4 is 11.9 Å². The van der Waals surface area contributed by atoms with Crippen LogP contribution in [-0.2, 0) is 0 Å². The number of carboxylic acids is 1. The van der Waals surface area contributed by atoms with Gasteiger partial charge in [-0.3, -0.25) is 0 Å². The third-order valence-electron chi connectivity index (χ3n) is 2.14. The van der Waals surface area contributed by atoms with E-state index in [0.717, 1.165) is 0 Å². The summed E-state index contributed by atoms with van der Waals surface area (Å²) in [7, 11) is 0. The molecular formula is C10H15N3O3. The maximum atomic E-state index is 10.6. The number of hydrogen-bond acceptors (Lipinski definition) is 5. The molecule has 1 aromatic rings. The minimum Gasteiger partial charge on any atom is -0.478 e. The van der Waals surface area contributed by atoms with Crippen LogP contribution in [0.4, 0.5) is 5.95 Å². The van der Waals surface area contributed by atoms with Crippen LogP contribution in [0.25, 0.3) is 0 Å². The van der Waals surface area contributed by atoms with E-state index >= 15 is 0 Å². The average Bonchev–Trinajstić information content (AvgIpc) is 2.30. The van der Waals surface area contributed by atoms with Crippen LogP contribution in [0.2, 0.25) is 0 Å². The van der Waals surface area contributed by atoms with Crippen molar-refractivity contribution in [3.8, 4) is 0 Å². The van der Waals surface area contributed by atoms with Gasteiger partial charge >= 0.3 is 5.97 Å². The molecule has 0 aliphatic rings. The van der Waals surface area contributed by atoms with Crippen molar-refractivity contribution in [2.75, 3.05) is 24.6 Å². The van der Waals surface area contributed by atoms with E-state index in [0.29, 0.717) is 25.5 Å². The van der Waals surface area contributed by atoms with E-state index in [1.54, 1.807) is 0 Å². The van der Waals surface area contributed by atoms with Crippen LogP contribution in [0.1, 0.15) is 23.7 Å². The maximum Gasteiger partial charge on any atom is 0.338 e. The second kappa shape index (κ2) is 6.02. The highest BCUT2D eigenvalue weighted by molar-refractivity contribution is 5.86. The number of carboxylic acid groups (broad SMARTS) is 1. The minimum atomic E-state index is -1.04. The number of anilines is 1. The summed E-state index contributed by atoms with van der Waals surface area (Å²) in [5, 5.41) is 17.4. The maximum absolute atomic E-state index is 10.6. The molecule has 0 unspecified atom stereocenters. The Morgan fingerprint density at radius 1 is 1.44 bits per heavy atom. The fourth-order valence-electron chi connectivity index (χ4n) is 1.26. The third-order valence-corrected chi connectivity index (χ3v) is 2.14. The molecule has 1 heterocycles. The van der Waals surface area contributed by atoms with Gasteiger partial charge in [0.25, 0.3) is 0 Å². The summed E-state index contributed by atoms with van der Waals surface area (Å²) < 4.78 is 0. The Morgan fingerprint density at radius 2 is 2.06 bits per heavy atom. The van der Waals surface area contributed by atoms with Gasteiger partial charge in [-0.05, 0) is 13.3 Å². The minimum absolute atomic E-state index is 0.0713. The molecule has 1 rings (SSSR count). The van der Waals surface area contributed by atoms with Crippen LogP contribution in [-0.4, -0.2) is 45.8 Å². The summed E-state index contributed by atoms with van der Waals surface area (Å²) >= 11 is 0. The van der Waals surface area contributed by atoms with E-state index in [1.165, 1.54) is 12.4 Å². The smallest absolute Gasteiger partial charge is 0.338 e. The molecule has 88 valence electrons. The van der Waals surface area contributed by atoms with E-state index in [2.05, 4.69) is 9.97 Å². The number of carbonyl (C=O) groups is 1. The monoisotopic (exact) mass is 225 g/mol. The number of hydrogen-bond donors (Lipinski definition) is 2. The van der Waals surface area contributed by atoms with Gasteiger partial charge in [-0.25, -0.2) is 14.8 Å². The molecule has 6 nitrogen and oxygen atoms in total. The second-order valence-electron chi connectivity index (χ2n) is 3.23. The van der Waals surface area contributed by atoms with Crippen LogP contribution in [0.15, 0.2) is 12.4 Å². The van der Waals surface area contributed by atoms with Gasteiger partial charge in [-0.15, -0.1) is 0 Å². The Bertz CT molecular complexity index is 340. The van der Waals surface area contributed by atoms with Gasteiger partial charge in [0, 0.05) is 32.1 Å². The van der Waals surface area contributed by atoms with Gasteiger partial charge < -0.3 is 15.1 Å². The van der Waals surface area contributed by atoms with Crippen molar-refractivity contribution in [3.63, 3.8) is 0 Å². The Kier molecular flexibility index (Phi) is 4.65. The number of nitrogens with zero attached hydrogens (tertiary/aromatic N) is 3. The van der Waals surface area contributed by atoms with Gasteiger partial charge in [-0.2, -0.15) is 0 Å². The van der Waals surface area contributed by atoms with Crippen molar-refractivity contribution in [2.45, 2.75) is 13.3 Å². The van der Waals surface area contributed by atoms with Crippen molar-refractivity contribution < 1.29 is 15.0 Å². The molecule has 0 aliphatic carbocycles. The first-order valence-corrected chi connectivity index (χ1v) is 5.10. The summed E-state index contributed by atoms with van der Waals surface area (Å²) in [4.78, 5) is 20.4. The van der Waals surface area contributed by atoms with E-state index in [9.17, 15) is 4.79 Å². The van der Waals surface area contributed by atoms with E-state index in [1.807, 2.05) is 11.8 Å². The molecule has 0 atom stereocenters. The van der Waals surface area contributed by atoms with E-state index in [4.69, 9.17) is 10.2 Å². The molecule has 0 aliphatic heterocycles. The Morgan fingerprint density at radius 3 is 2.50 bits per heavy atom. The predicted octanol–water partition coefficient (Wildman–Crippen LogP) is 0.383. The summed E-state index contributed by atoms with van der Waals surface area (Å²) in [6.45, 7) is 3.43. The molecule has 0 spiro atoms. The molecule has 0 saturated heterocycles. The molecule has 0 radical (unpaired) electrons. The molecular weight excluding hydrogens is 210 g/mol. The first kappa shape index (κ1) is 12.4. The highest BCUT2D eigenvalue weighted by atomic mass is 16.4. The topological polar surface area (TPSA) is 86.5 Å². The zero-order valence-corrected chi connectivity index (χ0v) is 9.13. The lowest BCUT2D eigenvalue weighted by atomic mass is 10.3. The first-order chi connectivity index (χ1) is 7.69. The summed E-state index contributed by atoms with van der Waals surface area (Å²) in [6, 6.07) is 0. The number of aliphatic hydroxyl groups excluding tert-OH is 1. The lowest BCUT2D eigenvalue weighted by molar-refractivity contribution is 0.0696. The van der Waals surface area contributed by atoms with Crippen LogP contribution < -0.4 is 4.90 Å². The Labute approximate surface area is 93.6 Å². The number of rotatable bonds is 6.